The first-order chi connectivity index (χ1) is 13.8. The van der Waals surface area contributed by atoms with Gasteiger partial charge in [0.1, 0.15) is 10.8 Å². The molecule has 0 saturated heterocycles. The number of anilines is 1. The van der Waals surface area contributed by atoms with Crippen LogP contribution in [0.5, 0.6) is 0 Å². The van der Waals surface area contributed by atoms with Crippen LogP contribution in [0.1, 0.15) is 50.4 Å². The molecule has 4 N–H and O–H groups in total. The van der Waals surface area contributed by atoms with Crippen molar-refractivity contribution in [2.24, 2.45) is 5.73 Å². The number of amides is 2. The Kier molecular flexibility index (Phi) is 9.91. The molecule has 0 spiro atoms. The second-order valence-corrected chi connectivity index (χ2v) is 7.32. The summed E-state index contributed by atoms with van der Waals surface area (Å²) in [6, 6.07) is 5.69. The Morgan fingerprint density at radius 3 is 2.40 bits per heavy atom. The van der Waals surface area contributed by atoms with E-state index < -0.39 is 11.9 Å². The molecule has 2 aromatic rings. The molecule has 0 aliphatic rings. The van der Waals surface area contributed by atoms with Gasteiger partial charge in [-0.3, -0.25) is 9.59 Å². The average Bonchev–Trinajstić information content (AvgIpc) is 3.03. The van der Waals surface area contributed by atoms with E-state index in [0.29, 0.717) is 22.4 Å². The van der Waals surface area contributed by atoms with Crippen LogP contribution in [0.4, 0.5) is 9.39 Å². The summed E-state index contributed by atoms with van der Waals surface area (Å²) in [5.74, 6) is -2.33. The highest BCUT2D eigenvalue weighted by molar-refractivity contribution is 7.18. The van der Waals surface area contributed by atoms with Gasteiger partial charge in [0.25, 0.3) is 5.91 Å². The van der Waals surface area contributed by atoms with Crippen LogP contribution in [-0.2, 0) is 9.53 Å². The van der Waals surface area contributed by atoms with Crippen LogP contribution in [-0.4, -0.2) is 38.0 Å². The summed E-state index contributed by atoms with van der Waals surface area (Å²) in [6.07, 6.45) is 0.471. The van der Waals surface area contributed by atoms with E-state index in [9.17, 15) is 18.8 Å². The number of benzene rings is 1. The Labute approximate surface area is 184 Å². The van der Waals surface area contributed by atoms with Crippen molar-refractivity contribution in [2.45, 2.75) is 26.2 Å². The number of nitrogens with two attached hydrogens (primary N) is 1. The standard InChI is InChI=1S/C20H24FN3O4S.ClH/c1-4-14(12-5-7-13(21)8-6-12)17(25)24-19-15(20(27)28-3)11(2)16(29-19)18(26)23-10-9-22;/h5-8,14H,4,9-10,22H2,1-3H3,(H,23,26)(H,24,25);1H. The largest absolute Gasteiger partial charge is 0.465 e. The predicted octanol–water partition coefficient (Wildman–Crippen LogP) is 3.22. The molecule has 0 radical (unpaired) electrons. The Morgan fingerprint density at radius 2 is 1.87 bits per heavy atom. The van der Waals surface area contributed by atoms with Crippen LogP contribution in [0.3, 0.4) is 0 Å². The van der Waals surface area contributed by atoms with Gasteiger partial charge in [0.15, 0.2) is 0 Å². The number of hydrogen-bond donors (Lipinski definition) is 3. The first-order valence-electron chi connectivity index (χ1n) is 9.10. The maximum absolute atomic E-state index is 13.2. The third-order valence-corrected chi connectivity index (χ3v) is 5.61. The molecule has 7 nitrogen and oxygen atoms in total. The summed E-state index contributed by atoms with van der Waals surface area (Å²) in [5.41, 5.74) is 6.62. The molecule has 2 amide bonds. The molecule has 1 unspecified atom stereocenters. The molecule has 0 fully saturated rings. The van der Waals surface area contributed by atoms with E-state index in [1.54, 1.807) is 19.1 Å². The van der Waals surface area contributed by atoms with E-state index in [0.717, 1.165) is 11.3 Å². The quantitative estimate of drug-likeness (QED) is 0.527. The number of esters is 1. The zero-order valence-electron chi connectivity index (χ0n) is 16.9. The fourth-order valence-corrected chi connectivity index (χ4v) is 4.01. The summed E-state index contributed by atoms with van der Waals surface area (Å²) in [5, 5.41) is 5.63. The Morgan fingerprint density at radius 1 is 1.23 bits per heavy atom. The smallest absolute Gasteiger partial charge is 0.341 e. The minimum Gasteiger partial charge on any atom is -0.465 e. The molecule has 1 atom stereocenters. The number of nitrogens with one attached hydrogen (secondary N) is 2. The lowest BCUT2D eigenvalue weighted by Crippen LogP contribution is -2.28. The lowest BCUT2D eigenvalue weighted by Gasteiger charge is -2.15. The lowest BCUT2D eigenvalue weighted by atomic mass is 9.95. The minimum absolute atomic E-state index is 0. The van der Waals surface area contributed by atoms with E-state index in [2.05, 4.69) is 10.6 Å². The van der Waals surface area contributed by atoms with E-state index in [1.165, 1.54) is 19.2 Å². The number of thiophene rings is 1. The number of halogens is 2. The van der Waals surface area contributed by atoms with Crippen molar-refractivity contribution in [3.05, 3.63) is 51.7 Å². The summed E-state index contributed by atoms with van der Waals surface area (Å²) in [4.78, 5) is 37.8. The Balaban J connectivity index is 0.00000450. The molecular weight excluding hydrogens is 433 g/mol. The fraction of sp³-hybridized carbons (Fsp3) is 0.350. The number of rotatable bonds is 8. The van der Waals surface area contributed by atoms with Gasteiger partial charge in [-0.05, 0) is 36.6 Å². The normalized spacial score (nSPS) is 11.2. The van der Waals surface area contributed by atoms with Crippen molar-refractivity contribution in [2.75, 3.05) is 25.5 Å². The van der Waals surface area contributed by atoms with Crippen molar-refractivity contribution in [3.8, 4) is 0 Å². The minimum atomic E-state index is -0.651. The van der Waals surface area contributed by atoms with E-state index >= 15 is 0 Å². The lowest BCUT2D eigenvalue weighted by molar-refractivity contribution is -0.117. The van der Waals surface area contributed by atoms with Gasteiger partial charge in [0, 0.05) is 13.1 Å². The van der Waals surface area contributed by atoms with Crippen molar-refractivity contribution >= 4 is 46.5 Å². The topological polar surface area (TPSA) is 111 Å². The molecule has 0 aliphatic heterocycles. The van der Waals surface area contributed by atoms with Crippen LogP contribution in [0.2, 0.25) is 0 Å². The third kappa shape index (κ3) is 5.78. The highest BCUT2D eigenvalue weighted by atomic mass is 35.5. The fourth-order valence-electron chi connectivity index (χ4n) is 2.90. The van der Waals surface area contributed by atoms with Crippen LogP contribution < -0.4 is 16.4 Å². The molecule has 164 valence electrons. The molecule has 10 heteroatoms. The molecule has 30 heavy (non-hydrogen) atoms. The molecule has 1 aromatic carbocycles. The number of ether oxygens (including phenoxy) is 1. The van der Waals surface area contributed by atoms with E-state index in [-0.39, 0.29) is 53.7 Å². The first kappa shape index (κ1) is 25.5. The molecule has 0 bridgehead atoms. The van der Waals surface area contributed by atoms with Gasteiger partial charge in [-0.25, -0.2) is 9.18 Å². The maximum Gasteiger partial charge on any atom is 0.341 e. The first-order valence-corrected chi connectivity index (χ1v) is 9.91. The zero-order valence-corrected chi connectivity index (χ0v) is 18.5. The van der Waals surface area contributed by atoms with Crippen LogP contribution >= 0.6 is 23.7 Å². The molecular formula is C20H25ClFN3O4S. The van der Waals surface area contributed by atoms with Crippen LogP contribution in [0.15, 0.2) is 24.3 Å². The van der Waals surface area contributed by atoms with Gasteiger partial charge in [-0.2, -0.15) is 0 Å². The highest BCUT2D eigenvalue weighted by Gasteiger charge is 2.28. The van der Waals surface area contributed by atoms with Crippen molar-refractivity contribution in [3.63, 3.8) is 0 Å². The SMILES string of the molecule is CCC(C(=O)Nc1sc(C(=O)NCCN)c(C)c1C(=O)OC)c1ccc(F)cc1.Cl. The van der Waals surface area contributed by atoms with Crippen LogP contribution in [0.25, 0.3) is 0 Å². The van der Waals surface area contributed by atoms with Gasteiger partial charge in [-0.15, -0.1) is 23.7 Å². The number of carbonyl (C=O) groups excluding carboxylic acids is 3. The number of methoxy groups -OCH3 is 1. The van der Waals surface area contributed by atoms with Crippen molar-refractivity contribution < 1.29 is 23.5 Å². The average molecular weight is 458 g/mol. The molecule has 0 aliphatic carbocycles. The zero-order chi connectivity index (χ0) is 21.6. The second kappa shape index (κ2) is 11.6. The van der Waals surface area contributed by atoms with Gasteiger partial charge >= 0.3 is 5.97 Å². The van der Waals surface area contributed by atoms with E-state index in [1.807, 2.05) is 6.92 Å². The van der Waals surface area contributed by atoms with Crippen molar-refractivity contribution in [1.29, 1.82) is 0 Å². The molecule has 1 aromatic heterocycles. The second-order valence-electron chi connectivity index (χ2n) is 6.30. The monoisotopic (exact) mass is 457 g/mol. The van der Waals surface area contributed by atoms with E-state index in [4.69, 9.17) is 10.5 Å². The van der Waals surface area contributed by atoms with Gasteiger partial charge < -0.3 is 21.1 Å². The highest BCUT2D eigenvalue weighted by Crippen LogP contribution is 2.35. The van der Waals surface area contributed by atoms with Gasteiger partial charge in [-0.1, -0.05) is 19.1 Å². The number of hydrogen-bond acceptors (Lipinski definition) is 6. The van der Waals surface area contributed by atoms with Gasteiger partial charge in [0.2, 0.25) is 5.91 Å². The maximum atomic E-state index is 13.2. The Hall–Kier alpha value is -2.49. The van der Waals surface area contributed by atoms with Crippen molar-refractivity contribution in [1.82, 2.24) is 5.32 Å². The summed E-state index contributed by atoms with van der Waals surface area (Å²) < 4.78 is 18.0. The van der Waals surface area contributed by atoms with Crippen LogP contribution in [0, 0.1) is 12.7 Å². The predicted molar refractivity (Wildman–Crippen MR) is 117 cm³/mol. The summed E-state index contributed by atoms with van der Waals surface area (Å²) >= 11 is 0.997. The molecule has 2 rings (SSSR count). The third-order valence-electron chi connectivity index (χ3n) is 4.41. The molecule has 0 saturated carbocycles. The summed E-state index contributed by atoms with van der Waals surface area (Å²) in [7, 11) is 1.23. The van der Waals surface area contributed by atoms with Gasteiger partial charge in [0.05, 0.1) is 23.5 Å². The number of carbonyl (C=O) groups is 3. The summed E-state index contributed by atoms with van der Waals surface area (Å²) in [6.45, 7) is 4.01. The Bertz CT molecular complexity index is 902. The molecule has 1 heterocycles.